The van der Waals surface area contributed by atoms with Gasteiger partial charge in [0.25, 0.3) is 0 Å². The van der Waals surface area contributed by atoms with Gasteiger partial charge in [0, 0.05) is 43.6 Å². The minimum absolute atomic E-state index is 0.0233. The summed E-state index contributed by atoms with van der Waals surface area (Å²) in [5.41, 5.74) is 0. The van der Waals surface area contributed by atoms with Crippen molar-refractivity contribution in [2.24, 2.45) is 0 Å². The number of hydrogen-bond donors (Lipinski definition) is 0. The second kappa shape index (κ2) is 7.36. The van der Waals surface area contributed by atoms with E-state index in [1.807, 2.05) is 13.8 Å². The van der Waals surface area contributed by atoms with E-state index in [-0.39, 0.29) is 20.9 Å². The molecule has 10 heteroatoms. The topological polar surface area (TPSA) is 66.4 Å². The predicted octanol–water partition coefficient (Wildman–Crippen LogP) is 3.48. The van der Waals surface area contributed by atoms with E-state index in [1.54, 1.807) is 6.07 Å². The van der Waals surface area contributed by atoms with Crippen LogP contribution in [0.25, 0.3) is 0 Å². The standard InChI is InChI=1S/C15H18Cl2N4O2S2/c1-10(2)14-18-15(24-19-14)20-6-8-21(9-7-20)25(22,23)13-11(16)4-3-5-12(13)17/h3-5,10H,6-9H2,1-2H3. The molecule has 0 N–H and O–H groups in total. The first-order chi connectivity index (χ1) is 11.8. The third kappa shape index (κ3) is 3.78. The molecular weight excluding hydrogens is 403 g/mol. The molecular formula is C15H18Cl2N4O2S2. The second-order valence-corrected chi connectivity index (χ2v) is 9.45. The van der Waals surface area contributed by atoms with Crippen molar-refractivity contribution in [1.82, 2.24) is 13.7 Å². The van der Waals surface area contributed by atoms with Gasteiger partial charge in [-0.25, -0.2) is 13.4 Å². The molecule has 2 heterocycles. The number of piperazine rings is 1. The van der Waals surface area contributed by atoms with Crippen molar-refractivity contribution in [2.75, 3.05) is 31.1 Å². The molecule has 25 heavy (non-hydrogen) atoms. The van der Waals surface area contributed by atoms with Gasteiger partial charge in [-0.15, -0.1) is 0 Å². The molecule has 1 aromatic heterocycles. The van der Waals surface area contributed by atoms with E-state index in [4.69, 9.17) is 23.2 Å². The zero-order chi connectivity index (χ0) is 18.2. The lowest BCUT2D eigenvalue weighted by molar-refractivity contribution is 0.384. The average molecular weight is 421 g/mol. The van der Waals surface area contributed by atoms with Crippen molar-refractivity contribution in [3.63, 3.8) is 0 Å². The van der Waals surface area contributed by atoms with E-state index in [0.29, 0.717) is 26.2 Å². The Balaban J connectivity index is 1.75. The highest BCUT2D eigenvalue weighted by molar-refractivity contribution is 7.89. The summed E-state index contributed by atoms with van der Waals surface area (Å²) in [5.74, 6) is 1.09. The zero-order valence-corrected chi connectivity index (χ0v) is 17.0. The summed E-state index contributed by atoms with van der Waals surface area (Å²) in [6, 6.07) is 4.69. The highest BCUT2D eigenvalue weighted by Gasteiger charge is 2.32. The molecule has 0 atom stereocenters. The Morgan fingerprint density at radius 2 is 1.72 bits per heavy atom. The summed E-state index contributed by atoms with van der Waals surface area (Å²) in [6.07, 6.45) is 0. The molecule has 0 unspecified atom stereocenters. The summed E-state index contributed by atoms with van der Waals surface area (Å²) in [7, 11) is -3.73. The maximum absolute atomic E-state index is 12.9. The quantitative estimate of drug-likeness (QED) is 0.756. The Morgan fingerprint density at radius 1 is 1.12 bits per heavy atom. The molecule has 1 fully saturated rings. The van der Waals surface area contributed by atoms with Gasteiger partial charge >= 0.3 is 0 Å². The van der Waals surface area contributed by atoms with Crippen molar-refractivity contribution in [3.8, 4) is 0 Å². The predicted molar refractivity (Wildman–Crippen MR) is 101 cm³/mol. The fourth-order valence-electron chi connectivity index (χ4n) is 2.57. The summed E-state index contributed by atoms with van der Waals surface area (Å²) in [4.78, 5) is 6.57. The molecule has 0 radical (unpaired) electrons. The smallest absolute Gasteiger partial charge is 0.246 e. The number of rotatable bonds is 4. The Morgan fingerprint density at radius 3 is 2.24 bits per heavy atom. The molecule has 136 valence electrons. The average Bonchev–Trinajstić information content (AvgIpc) is 3.05. The van der Waals surface area contributed by atoms with Crippen molar-refractivity contribution in [1.29, 1.82) is 0 Å². The lowest BCUT2D eigenvalue weighted by Gasteiger charge is -2.33. The molecule has 1 aromatic carbocycles. The van der Waals surface area contributed by atoms with E-state index in [1.165, 1.54) is 28.0 Å². The largest absolute Gasteiger partial charge is 0.344 e. The van der Waals surface area contributed by atoms with Crippen LogP contribution in [0.4, 0.5) is 5.13 Å². The number of anilines is 1. The van der Waals surface area contributed by atoms with Crippen LogP contribution in [-0.4, -0.2) is 48.3 Å². The lowest BCUT2D eigenvalue weighted by Crippen LogP contribution is -2.48. The van der Waals surface area contributed by atoms with Crippen LogP contribution < -0.4 is 4.90 Å². The van der Waals surface area contributed by atoms with Crippen molar-refractivity contribution in [3.05, 3.63) is 34.1 Å². The molecule has 0 saturated carbocycles. The van der Waals surface area contributed by atoms with Crippen LogP contribution in [0.1, 0.15) is 25.6 Å². The highest BCUT2D eigenvalue weighted by atomic mass is 35.5. The first-order valence-electron chi connectivity index (χ1n) is 7.83. The summed E-state index contributed by atoms with van der Waals surface area (Å²) in [5, 5.41) is 1.11. The summed E-state index contributed by atoms with van der Waals surface area (Å²) in [6.45, 7) is 5.89. The van der Waals surface area contributed by atoms with Gasteiger partial charge in [-0.2, -0.15) is 8.68 Å². The van der Waals surface area contributed by atoms with Gasteiger partial charge < -0.3 is 4.90 Å². The highest BCUT2D eigenvalue weighted by Crippen LogP contribution is 2.32. The van der Waals surface area contributed by atoms with Gasteiger partial charge in [0.15, 0.2) is 0 Å². The zero-order valence-electron chi connectivity index (χ0n) is 13.8. The van der Waals surface area contributed by atoms with E-state index in [0.717, 1.165) is 11.0 Å². The van der Waals surface area contributed by atoms with Gasteiger partial charge in [-0.05, 0) is 12.1 Å². The fourth-order valence-corrected chi connectivity index (χ4v) is 5.94. The van der Waals surface area contributed by atoms with Gasteiger partial charge in [0.2, 0.25) is 15.2 Å². The third-order valence-electron chi connectivity index (χ3n) is 3.97. The first-order valence-corrected chi connectivity index (χ1v) is 10.8. The number of benzene rings is 1. The summed E-state index contributed by atoms with van der Waals surface area (Å²) < 4.78 is 31.5. The van der Waals surface area contributed by atoms with Gasteiger partial charge in [0.05, 0.1) is 10.0 Å². The third-order valence-corrected chi connectivity index (χ3v) is 7.62. The molecule has 1 aliphatic heterocycles. The number of aromatic nitrogens is 2. The Labute approximate surface area is 161 Å². The van der Waals surface area contributed by atoms with Crippen LogP contribution in [0.5, 0.6) is 0 Å². The molecule has 6 nitrogen and oxygen atoms in total. The second-order valence-electron chi connectivity index (χ2n) is 6.03. The van der Waals surface area contributed by atoms with Crippen LogP contribution in [0, 0.1) is 0 Å². The maximum Gasteiger partial charge on any atom is 0.246 e. The van der Waals surface area contributed by atoms with Crippen LogP contribution in [-0.2, 0) is 10.0 Å². The minimum atomic E-state index is -3.73. The van der Waals surface area contributed by atoms with Crippen molar-refractivity contribution < 1.29 is 8.42 Å². The molecule has 0 bridgehead atoms. The van der Waals surface area contributed by atoms with Crippen molar-refractivity contribution >= 4 is 49.9 Å². The normalized spacial score (nSPS) is 16.6. The Hall–Kier alpha value is -0.930. The molecule has 0 amide bonds. The number of nitrogens with zero attached hydrogens (tertiary/aromatic N) is 4. The molecule has 1 saturated heterocycles. The monoisotopic (exact) mass is 420 g/mol. The summed E-state index contributed by atoms with van der Waals surface area (Å²) >= 11 is 13.5. The molecule has 0 spiro atoms. The van der Waals surface area contributed by atoms with Crippen LogP contribution in [0.3, 0.4) is 0 Å². The van der Waals surface area contributed by atoms with Crippen molar-refractivity contribution in [2.45, 2.75) is 24.7 Å². The van der Waals surface area contributed by atoms with Crippen LogP contribution >= 0.6 is 34.7 Å². The Kier molecular flexibility index (Phi) is 5.55. The van der Waals surface area contributed by atoms with E-state index in [2.05, 4.69) is 14.3 Å². The number of sulfonamides is 1. The van der Waals surface area contributed by atoms with Crippen LogP contribution in [0.15, 0.2) is 23.1 Å². The lowest BCUT2D eigenvalue weighted by atomic mass is 10.2. The van der Waals surface area contributed by atoms with E-state index in [9.17, 15) is 8.42 Å². The van der Waals surface area contributed by atoms with Gasteiger partial charge in [-0.3, -0.25) is 0 Å². The fraction of sp³-hybridized carbons (Fsp3) is 0.467. The minimum Gasteiger partial charge on any atom is -0.344 e. The van der Waals surface area contributed by atoms with E-state index >= 15 is 0 Å². The maximum atomic E-state index is 12.9. The van der Waals surface area contributed by atoms with Gasteiger partial charge in [0.1, 0.15) is 10.7 Å². The SMILES string of the molecule is CC(C)c1nsc(N2CCN(S(=O)(=O)c3c(Cl)cccc3Cl)CC2)n1. The van der Waals surface area contributed by atoms with Crippen LogP contribution in [0.2, 0.25) is 10.0 Å². The Bertz CT molecular complexity index is 842. The van der Waals surface area contributed by atoms with E-state index < -0.39 is 10.0 Å². The number of hydrogen-bond acceptors (Lipinski definition) is 6. The molecule has 3 rings (SSSR count). The molecule has 1 aliphatic rings. The molecule has 2 aromatic rings. The number of halogens is 2. The first kappa shape index (κ1) is 18.8. The molecule has 0 aliphatic carbocycles. The van der Waals surface area contributed by atoms with Gasteiger partial charge in [-0.1, -0.05) is 43.1 Å².